The van der Waals surface area contributed by atoms with Crippen LogP contribution in [0.3, 0.4) is 0 Å². The fourth-order valence-electron chi connectivity index (χ4n) is 2.55. The molecule has 0 N–H and O–H groups in total. The highest BCUT2D eigenvalue weighted by molar-refractivity contribution is 6.33. The van der Waals surface area contributed by atoms with Crippen molar-refractivity contribution in [1.82, 2.24) is 4.98 Å². The summed E-state index contributed by atoms with van der Waals surface area (Å²) in [5.74, 6) is -1.08. The van der Waals surface area contributed by atoms with Crippen LogP contribution in [0.4, 0.5) is 20.2 Å². The maximum absolute atomic E-state index is 13.8. The van der Waals surface area contributed by atoms with Crippen molar-refractivity contribution in [3.63, 3.8) is 0 Å². The lowest BCUT2D eigenvalue weighted by atomic mass is 10.2. The molecule has 2 aromatic rings. The highest BCUT2D eigenvalue weighted by atomic mass is 35.5. The monoisotopic (exact) mass is 309 g/mol. The Morgan fingerprint density at radius 3 is 2.24 bits per heavy atom. The van der Waals surface area contributed by atoms with Crippen LogP contribution in [0.1, 0.15) is 0 Å². The summed E-state index contributed by atoms with van der Waals surface area (Å²) in [6.07, 6.45) is 3.32. The van der Waals surface area contributed by atoms with E-state index in [-0.39, 0.29) is 0 Å². The second-order valence-corrected chi connectivity index (χ2v) is 5.30. The van der Waals surface area contributed by atoms with Crippen LogP contribution in [0.15, 0.2) is 36.7 Å². The Morgan fingerprint density at radius 1 is 0.952 bits per heavy atom. The molecule has 21 heavy (non-hydrogen) atoms. The molecule has 3 nitrogen and oxygen atoms in total. The standard InChI is InChI=1S/C15H14ClF2N3/c16-12-10-19-4-3-14(12)20-5-7-21(8-6-20)15-2-1-11(17)9-13(15)18/h1-4,9-10H,5-8H2. The fourth-order valence-corrected chi connectivity index (χ4v) is 2.79. The normalized spacial score (nSPS) is 15.4. The van der Waals surface area contributed by atoms with Crippen LogP contribution in [0.2, 0.25) is 5.02 Å². The molecular weight excluding hydrogens is 296 g/mol. The molecule has 0 radical (unpaired) electrons. The zero-order chi connectivity index (χ0) is 14.8. The molecule has 0 bridgehead atoms. The predicted molar refractivity (Wildman–Crippen MR) is 80.0 cm³/mol. The van der Waals surface area contributed by atoms with E-state index in [2.05, 4.69) is 9.88 Å². The molecule has 6 heteroatoms. The van der Waals surface area contributed by atoms with Crippen LogP contribution < -0.4 is 9.80 Å². The first-order valence-electron chi connectivity index (χ1n) is 6.69. The second-order valence-electron chi connectivity index (χ2n) is 4.90. The van der Waals surface area contributed by atoms with Crippen molar-refractivity contribution >= 4 is 23.0 Å². The van der Waals surface area contributed by atoms with Crippen molar-refractivity contribution in [2.24, 2.45) is 0 Å². The van der Waals surface area contributed by atoms with Crippen molar-refractivity contribution in [3.05, 3.63) is 53.3 Å². The molecule has 0 aliphatic carbocycles. The third-order valence-corrected chi connectivity index (χ3v) is 3.91. The molecule has 0 spiro atoms. The largest absolute Gasteiger partial charge is 0.367 e. The Morgan fingerprint density at radius 2 is 1.62 bits per heavy atom. The molecule has 0 atom stereocenters. The highest BCUT2D eigenvalue weighted by Gasteiger charge is 2.21. The molecule has 2 heterocycles. The molecule has 1 aromatic carbocycles. The topological polar surface area (TPSA) is 19.4 Å². The summed E-state index contributed by atoms with van der Waals surface area (Å²) < 4.78 is 26.7. The van der Waals surface area contributed by atoms with Gasteiger partial charge >= 0.3 is 0 Å². The Kier molecular flexibility index (Phi) is 3.92. The first-order valence-corrected chi connectivity index (χ1v) is 7.07. The summed E-state index contributed by atoms with van der Waals surface area (Å²) in [6.45, 7) is 2.75. The smallest absolute Gasteiger partial charge is 0.149 e. The van der Waals surface area contributed by atoms with Gasteiger partial charge in [-0.15, -0.1) is 0 Å². The highest BCUT2D eigenvalue weighted by Crippen LogP contribution is 2.27. The van der Waals surface area contributed by atoms with Gasteiger partial charge < -0.3 is 9.80 Å². The van der Waals surface area contributed by atoms with Crippen molar-refractivity contribution in [1.29, 1.82) is 0 Å². The lowest BCUT2D eigenvalue weighted by molar-refractivity contribution is 0.570. The molecule has 1 aliphatic rings. The summed E-state index contributed by atoms with van der Waals surface area (Å²) in [7, 11) is 0. The molecule has 1 aliphatic heterocycles. The number of hydrogen-bond acceptors (Lipinski definition) is 3. The second kappa shape index (κ2) is 5.85. The van der Waals surface area contributed by atoms with E-state index in [1.165, 1.54) is 12.1 Å². The number of aromatic nitrogens is 1. The Labute approximate surface area is 126 Å². The van der Waals surface area contributed by atoms with E-state index in [0.29, 0.717) is 23.8 Å². The first kappa shape index (κ1) is 14.1. The number of pyridine rings is 1. The van der Waals surface area contributed by atoms with Crippen molar-refractivity contribution in [2.45, 2.75) is 0 Å². The molecule has 0 unspecified atom stereocenters. The van der Waals surface area contributed by atoms with Gasteiger partial charge in [0.2, 0.25) is 0 Å². The van der Waals surface area contributed by atoms with E-state index >= 15 is 0 Å². The van der Waals surface area contributed by atoms with E-state index in [1.54, 1.807) is 12.4 Å². The average Bonchev–Trinajstić information content (AvgIpc) is 2.48. The molecule has 3 rings (SSSR count). The molecule has 0 amide bonds. The Balaban J connectivity index is 1.72. The molecule has 0 saturated carbocycles. The van der Waals surface area contributed by atoms with Crippen LogP contribution in [-0.4, -0.2) is 31.2 Å². The Hall–Kier alpha value is -1.88. The quantitative estimate of drug-likeness (QED) is 0.848. The van der Waals surface area contributed by atoms with Gasteiger partial charge in [-0.3, -0.25) is 4.98 Å². The zero-order valence-electron chi connectivity index (χ0n) is 11.3. The number of hydrogen-bond donors (Lipinski definition) is 0. The SMILES string of the molecule is Fc1ccc(N2CCN(c3ccncc3Cl)CC2)c(F)c1. The Bertz CT molecular complexity index is 643. The first-order chi connectivity index (χ1) is 10.1. The molecule has 1 fully saturated rings. The molecule has 1 aromatic heterocycles. The van der Waals surface area contributed by atoms with Gasteiger partial charge in [0, 0.05) is 44.6 Å². The van der Waals surface area contributed by atoms with Crippen LogP contribution in [0.25, 0.3) is 0 Å². The van der Waals surface area contributed by atoms with Gasteiger partial charge in [0.15, 0.2) is 0 Å². The van der Waals surface area contributed by atoms with E-state index in [9.17, 15) is 8.78 Å². The number of halogens is 3. The van der Waals surface area contributed by atoms with Gasteiger partial charge in [-0.2, -0.15) is 0 Å². The molecular formula is C15H14ClF2N3. The van der Waals surface area contributed by atoms with E-state index in [4.69, 9.17) is 11.6 Å². The minimum Gasteiger partial charge on any atom is -0.367 e. The van der Waals surface area contributed by atoms with E-state index in [1.807, 2.05) is 11.0 Å². The lowest BCUT2D eigenvalue weighted by Gasteiger charge is -2.37. The zero-order valence-corrected chi connectivity index (χ0v) is 12.0. The molecule has 1 saturated heterocycles. The van der Waals surface area contributed by atoms with Crippen molar-refractivity contribution < 1.29 is 8.78 Å². The summed E-state index contributed by atoms with van der Waals surface area (Å²) in [5, 5.41) is 0.610. The van der Waals surface area contributed by atoms with Crippen LogP contribution in [0, 0.1) is 11.6 Å². The number of rotatable bonds is 2. The number of piperazine rings is 1. The summed E-state index contributed by atoms with van der Waals surface area (Å²) in [4.78, 5) is 8.03. The number of benzene rings is 1. The van der Waals surface area contributed by atoms with Crippen molar-refractivity contribution in [3.8, 4) is 0 Å². The van der Waals surface area contributed by atoms with Gasteiger partial charge in [0.1, 0.15) is 11.6 Å². The minimum absolute atomic E-state index is 0.442. The van der Waals surface area contributed by atoms with Gasteiger partial charge in [-0.05, 0) is 18.2 Å². The van der Waals surface area contributed by atoms with Gasteiger partial charge in [-0.25, -0.2) is 8.78 Å². The maximum Gasteiger partial charge on any atom is 0.149 e. The van der Waals surface area contributed by atoms with Crippen LogP contribution in [-0.2, 0) is 0 Å². The van der Waals surface area contributed by atoms with Gasteiger partial charge in [0.05, 0.1) is 16.4 Å². The third kappa shape index (κ3) is 2.93. The van der Waals surface area contributed by atoms with Crippen LogP contribution in [0.5, 0.6) is 0 Å². The number of anilines is 2. The predicted octanol–water partition coefficient (Wildman–Crippen LogP) is 3.34. The van der Waals surface area contributed by atoms with Gasteiger partial charge in [-0.1, -0.05) is 11.6 Å². The summed E-state index contributed by atoms with van der Waals surface area (Å²) in [6, 6.07) is 5.56. The molecule has 110 valence electrons. The third-order valence-electron chi connectivity index (χ3n) is 3.62. The minimum atomic E-state index is -0.557. The lowest BCUT2D eigenvalue weighted by Crippen LogP contribution is -2.47. The maximum atomic E-state index is 13.8. The average molecular weight is 310 g/mol. The van der Waals surface area contributed by atoms with E-state index < -0.39 is 11.6 Å². The number of nitrogens with zero attached hydrogens (tertiary/aromatic N) is 3. The van der Waals surface area contributed by atoms with E-state index in [0.717, 1.165) is 24.8 Å². The van der Waals surface area contributed by atoms with Gasteiger partial charge in [0.25, 0.3) is 0 Å². The van der Waals surface area contributed by atoms with Crippen molar-refractivity contribution in [2.75, 3.05) is 36.0 Å². The van der Waals surface area contributed by atoms with Crippen LogP contribution >= 0.6 is 11.6 Å². The summed E-state index contributed by atoms with van der Waals surface area (Å²) >= 11 is 6.13. The summed E-state index contributed by atoms with van der Waals surface area (Å²) in [5.41, 5.74) is 1.38. The fraction of sp³-hybridized carbons (Fsp3) is 0.267.